The molecule has 0 spiro atoms. The third-order valence-electron chi connectivity index (χ3n) is 17.9. The first kappa shape index (κ1) is 91.1. The Bertz CT molecular complexity index is 1820. The molecule has 0 bridgehead atoms. The maximum absolute atomic E-state index is 13.1. The van der Waals surface area contributed by atoms with Gasteiger partial charge in [-0.2, -0.15) is 0 Å². The first-order chi connectivity index (χ1) is 44.8. The van der Waals surface area contributed by atoms with Gasteiger partial charge in [-0.15, -0.1) is 0 Å². The third-order valence-corrected chi connectivity index (χ3v) is 19.8. The normalized spacial score (nSPS) is 14.7. The van der Waals surface area contributed by atoms with E-state index >= 15 is 0 Å². The van der Waals surface area contributed by atoms with Gasteiger partial charge in [-0.05, 0) is 43.4 Å². The summed E-state index contributed by atoms with van der Waals surface area (Å²) < 4.78 is 68.5. The van der Waals surface area contributed by atoms with Crippen LogP contribution in [0.3, 0.4) is 0 Å². The topological polar surface area (TPSA) is 237 Å². The quantitative estimate of drug-likeness (QED) is 0.0222. The molecule has 0 aromatic heterocycles. The van der Waals surface area contributed by atoms with Gasteiger partial charge >= 0.3 is 39.5 Å². The van der Waals surface area contributed by atoms with Gasteiger partial charge in [0.15, 0.2) is 12.2 Å². The minimum Gasteiger partial charge on any atom is -0.462 e. The largest absolute Gasteiger partial charge is 0.472 e. The molecule has 0 aliphatic heterocycles. The first-order valence-corrected chi connectivity index (χ1v) is 41.4. The van der Waals surface area contributed by atoms with Crippen molar-refractivity contribution in [3.63, 3.8) is 0 Å². The van der Waals surface area contributed by atoms with Crippen LogP contribution in [-0.4, -0.2) is 96.7 Å². The lowest BCUT2D eigenvalue weighted by Gasteiger charge is -2.21. The standard InChI is InChI=1S/C74H144O17P2/c1-8-11-12-13-14-15-16-17-18-22-29-34-43-50-57-74(79)91-70(62-85-72(77)56-49-42-37-36-40-47-54-67(7)10-3)64-89-93(82,83)87-60-68(75)59-86-92(80,81)88-63-69(61-84-71(76)55-48-41-33-28-25-24-27-32-39-46-53-66(6)9-2)90-73(78)58-51-44-35-30-23-20-19-21-26-31-38-45-52-65(4)5/h65-70,75H,8-64H2,1-7H3,(H,80,81)(H,82,83)/t66?,67?,68-,69-,70-/m1/s1. The van der Waals surface area contributed by atoms with Crippen LogP contribution in [-0.2, 0) is 65.4 Å². The minimum atomic E-state index is -4.96. The summed E-state index contributed by atoms with van der Waals surface area (Å²) in [5, 5.41) is 10.6. The van der Waals surface area contributed by atoms with Gasteiger partial charge in [-0.25, -0.2) is 9.13 Å². The Balaban J connectivity index is 5.27. The molecule has 4 unspecified atom stereocenters. The highest BCUT2D eigenvalue weighted by atomic mass is 31.2. The number of phosphoric acid groups is 2. The Hall–Kier alpha value is -1.94. The van der Waals surface area contributed by atoms with Crippen molar-refractivity contribution < 1.29 is 80.2 Å². The number of ether oxygens (including phenoxy) is 4. The summed E-state index contributed by atoms with van der Waals surface area (Å²) in [4.78, 5) is 72.7. The van der Waals surface area contributed by atoms with Crippen molar-refractivity contribution in [3.8, 4) is 0 Å². The van der Waals surface area contributed by atoms with Gasteiger partial charge in [0.2, 0.25) is 0 Å². The Kier molecular flexibility index (Phi) is 63.4. The molecule has 3 N–H and O–H groups in total. The van der Waals surface area contributed by atoms with Crippen molar-refractivity contribution in [1.82, 2.24) is 0 Å². The molecule has 93 heavy (non-hydrogen) atoms. The van der Waals surface area contributed by atoms with E-state index in [0.29, 0.717) is 25.7 Å². The maximum Gasteiger partial charge on any atom is 0.472 e. The highest BCUT2D eigenvalue weighted by Gasteiger charge is 2.30. The van der Waals surface area contributed by atoms with Crippen molar-refractivity contribution >= 4 is 39.5 Å². The molecule has 0 aliphatic rings. The predicted octanol–water partition coefficient (Wildman–Crippen LogP) is 21.4. The monoisotopic (exact) mass is 1370 g/mol. The summed E-state index contributed by atoms with van der Waals surface area (Å²) in [6.07, 6.45) is 49.8. The van der Waals surface area contributed by atoms with Gasteiger partial charge in [0.25, 0.3) is 0 Å². The lowest BCUT2D eigenvalue weighted by Crippen LogP contribution is -2.30. The summed E-state index contributed by atoms with van der Waals surface area (Å²) in [6.45, 7) is 11.9. The number of esters is 4. The molecule has 0 amide bonds. The van der Waals surface area contributed by atoms with E-state index in [2.05, 4.69) is 48.5 Å². The van der Waals surface area contributed by atoms with Crippen LogP contribution in [0.1, 0.15) is 376 Å². The first-order valence-electron chi connectivity index (χ1n) is 38.4. The van der Waals surface area contributed by atoms with E-state index in [-0.39, 0.29) is 25.7 Å². The van der Waals surface area contributed by atoms with E-state index in [1.165, 1.54) is 180 Å². The molecule has 0 saturated carbocycles. The molecule has 17 nitrogen and oxygen atoms in total. The van der Waals surface area contributed by atoms with E-state index in [4.69, 9.17) is 37.0 Å². The van der Waals surface area contributed by atoms with Crippen LogP contribution in [0.5, 0.6) is 0 Å². The van der Waals surface area contributed by atoms with Crippen molar-refractivity contribution in [2.24, 2.45) is 17.8 Å². The van der Waals surface area contributed by atoms with Crippen LogP contribution in [0.25, 0.3) is 0 Å². The number of hydrogen-bond acceptors (Lipinski definition) is 15. The molecule has 552 valence electrons. The lowest BCUT2D eigenvalue weighted by atomic mass is 9.99. The Labute approximate surface area is 568 Å². The molecule has 0 heterocycles. The number of aliphatic hydroxyl groups is 1. The second-order valence-electron chi connectivity index (χ2n) is 27.6. The molecular formula is C74H144O17P2. The van der Waals surface area contributed by atoms with E-state index < -0.39 is 97.5 Å². The van der Waals surface area contributed by atoms with Gasteiger partial charge in [-0.3, -0.25) is 37.3 Å². The summed E-state index contributed by atoms with van der Waals surface area (Å²) in [6, 6.07) is 0. The number of rotatable bonds is 72. The van der Waals surface area contributed by atoms with Crippen LogP contribution in [0.4, 0.5) is 0 Å². The van der Waals surface area contributed by atoms with Gasteiger partial charge in [0.05, 0.1) is 26.4 Å². The zero-order valence-electron chi connectivity index (χ0n) is 60.7. The Morgan fingerprint density at radius 2 is 0.548 bits per heavy atom. The van der Waals surface area contributed by atoms with Crippen LogP contribution >= 0.6 is 15.6 Å². The fourth-order valence-corrected chi connectivity index (χ4v) is 12.8. The van der Waals surface area contributed by atoms with Crippen LogP contribution in [0, 0.1) is 17.8 Å². The summed E-state index contributed by atoms with van der Waals surface area (Å²) in [5.74, 6) is 0.197. The van der Waals surface area contributed by atoms with E-state index in [1.54, 1.807) is 0 Å². The number of carbonyl (C=O) groups excluding carboxylic acids is 4. The minimum absolute atomic E-state index is 0.106. The van der Waals surface area contributed by atoms with Crippen LogP contribution in [0.2, 0.25) is 0 Å². The second kappa shape index (κ2) is 64.7. The third kappa shape index (κ3) is 65.8. The molecule has 0 rings (SSSR count). The molecule has 0 fully saturated rings. The predicted molar refractivity (Wildman–Crippen MR) is 377 cm³/mol. The molecular weight excluding hydrogens is 1220 g/mol. The summed E-state index contributed by atoms with van der Waals surface area (Å²) in [5.41, 5.74) is 0. The number of carbonyl (C=O) groups is 4. The molecule has 19 heteroatoms. The van der Waals surface area contributed by atoms with Crippen molar-refractivity contribution in [2.75, 3.05) is 39.6 Å². The highest BCUT2D eigenvalue weighted by Crippen LogP contribution is 2.45. The van der Waals surface area contributed by atoms with Crippen molar-refractivity contribution in [2.45, 2.75) is 394 Å². The fraction of sp³-hybridized carbons (Fsp3) is 0.946. The highest BCUT2D eigenvalue weighted by molar-refractivity contribution is 7.47. The summed E-state index contributed by atoms with van der Waals surface area (Å²) in [7, 11) is -9.91. The van der Waals surface area contributed by atoms with Crippen LogP contribution < -0.4 is 0 Å². The Morgan fingerprint density at radius 3 is 0.817 bits per heavy atom. The van der Waals surface area contributed by atoms with Gasteiger partial charge in [0, 0.05) is 25.7 Å². The smallest absolute Gasteiger partial charge is 0.462 e. The zero-order valence-corrected chi connectivity index (χ0v) is 62.5. The molecule has 0 radical (unpaired) electrons. The average Bonchev–Trinajstić information content (AvgIpc) is 2.83. The second-order valence-corrected chi connectivity index (χ2v) is 30.6. The van der Waals surface area contributed by atoms with Gasteiger partial charge in [0.1, 0.15) is 19.3 Å². The average molecular weight is 1370 g/mol. The summed E-state index contributed by atoms with van der Waals surface area (Å²) >= 11 is 0. The molecule has 0 aromatic carbocycles. The molecule has 0 aromatic rings. The van der Waals surface area contributed by atoms with E-state index in [1.807, 2.05) is 0 Å². The van der Waals surface area contributed by atoms with E-state index in [9.17, 15) is 43.2 Å². The molecule has 0 aliphatic carbocycles. The lowest BCUT2D eigenvalue weighted by molar-refractivity contribution is -0.161. The van der Waals surface area contributed by atoms with Gasteiger partial charge in [-0.1, -0.05) is 325 Å². The molecule has 0 saturated heterocycles. The van der Waals surface area contributed by atoms with Gasteiger partial charge < -0.3 is 33.8 Å². The number of aliphatic hydroxyl groups excluding tert-OH is 1. The fourth-order valence-electron chi connectivity index (χ4n) is 11.2. The molecule has 7 atom stereocenters. The maximum atomic E-state index is 13.1. The Morgan fingerprint density at radius 1 is 0.312 bits per heavy atom. The van der Waals surface area contributed by atoms with Crippen molar-refractivity contribution in [3.05, 3.63) is 0 Å². The van der Waals surface area contributed by atoms with Crippen molar-refractivity contribution in [1.29, 1.82) is 0 Å². The number of unbranched alkanes of at least 4 members (excludes halogenated alkanes) is 38. The van der Waals surface area contributed by atoms with E-state index in [0.717, 1.165) is 114 Å². The zero-order chi connectivity index (χ0) is 68.7. The van der Waals surface area contributed by atoms with Crippen LogP contribution in [0.15, 0.2) is 0 Å². The number of hydrogen-bond donors (Lipinski definition) is 3. The number of phosphoric ester groups is 2. The SMILES string of the molecule is CCCCCCCCCCCCCCCCC(=O)O[C@H](COC(=O)CCCCCCCCC(C)CC)COP(=O)(O)OC[C@H](O)COP(=O)(O)OC[C@@H](COC(=O)CCCCCCCCCCCCC(C)CC)OC(=O)CCCCCCCCCCCCCCC(C)C.